The van der Waals surface area contributed by atoms with Crippen LogP contribution in [0.2, 0.25) is 0 Å². The van der Waals surface area contributed by atoms with Crippen LogP contribution in [0.4, 0.5) is 0 Å². The number of hydrogen-bond donors (Lipinski definition) is 0. The zero-order chi connectivity index (χ0) is 14.8. The molecule has 4 nitrogen and oxygen atoms in total. The van der Waals surface area contributed by atoms with Crippen molar-refractivity contribution < 1.29 is 14.3 Å². The molecule has 2 aliphatic rings. The lowest BCUT2D eigenvalue weighted by Crippen LogP contribution is -2.53. The Kier molecular flexibility index (Phi) is 5.84. The molecular formula is C17H24ClNO3. The van der Waals surface area contributed by atoms with Gasteiger partial charge in [-0.05, 0) is 31.9 Å². The second-order valence-corrected chi connectivity index (χ2v) is 6.08. The van der Waals surface area contributed by atoms with Gasteiger partial charge in [-0.25, -0.2) is 0 Å². The van der Waals surface area contributed by atoms with E-state index in [9.17, 15) is 4.79 Å². The molecule has 2 saturated heterocycles. The highest BCUT2D eigenvalue weighted by atomic mass is 35.5. The van der Waals surface area contributed by atoms with Gasteiger partial charge in [0.15, 0.2) is 0 Å². The Labute approximate surface area is 138 Å². The molecule has 22 heavy (non-hydrogen) atoms. The normalized spacial score (nSPS) is 30.6. The van der Waals surface area contributed by atoms with E-state index in [0.717, 1.165) is 24.8 Å². The molecule has 0 spiro atoms. The van der Waals surface area contributed by atoms with Crippen molar-refractivity contribution in [1.29, 1.82) is 0 Å². The lowest BCUT2D eigenvalue weighted by atomic mass is 9.87. The van der Waals surface area contributed by atoms with Crippen molar-refractivity contribution in [3.63, 3.8) is 0 Å². The third kappa shape index (κ3) is 3.29. The molecule has 2 bridgehead atoms. The molecule has 3 rings (SSSR count). The molecule has 4 atom stereocenters. The summed E-state index contributed by atoms with van der Waals surface area (Å²) >= 11 is 0. The molecule has 0 radical (unpaired) electrons. The number of esters is 1. The van der Waals surface area contributed by atoms with E-state index in [1.165, 1.54) is 7.11 Å². The number of hydrogen-bond acceptors (Lipinski definition) is 4. The minimum atomic E-state index is -0.164. The number of nitrogens with zero attached hydrogens (tertiary/aromatic N) is 1. The molecule has 0 N–H and O–H groups in total. The molecule has 1 aromatic rings. The summed E-state index contributed by atoms with van der Waals surface area (Å²) in [4.78, 5) is 14.5. The topological polar surface area (TPSA) is 38.8 Å². The quantitative estimate of drug-likeness (QED) is 0.798. The predicted molar refractivity (Wildman–Crippen MR) is 87.0 cm³/mol. The SMILES string of the molecule is COC(=O)[C@H]1[C@@H](OCc2ccccc2)C[C@@H]2CC[C@H]1N2C.Cl. The van der Waals surface area contributed by atoms with Gasteiger partial charge >= 0.3 is 5.97 Å². The van der Waals surface area contributed by atoms with Gasteiger partial charge in [0.2, 0.25) is 0 Å². The maximum Gasteiger partial charge on any atom is 0.312 e. The first-order valence-electron chi connectivity index (χ1n) is 7.66. The molecule has 0 unspecified atom stereocenters. The van der Waals surface area contributed by atoms with Gasteiger partial charge in [-0.3, -0.25) is 9.69 Å². The van der Waals surface area contributed by atoms with Gasteiger partial charge in [0.25, 0.3) is 0 Å². The first kappa shape index (κ1) is 17.3. The van der Waals surface area contributed by atoms with Gasteiger partial charge in [0.1, 0.15) is 0 Å². The van der Waals surface area contributed by atoms with Crippen molar-refractivity contribution in [1.82, 2.24) is 4.90 Å². The number of methoxy groups -OCH3 is 1. The predicted octanol–water partition coefficient (Wildman–Crippen LogP) is 2.65. The van der Waals surface area contributed by atoms with Crippen LogP contribution in [0, 0.1) is 5.92 Å². The minimum absolute atomic E-state index is 0. The number of ether oxygens (including phenoxy) is 2. The summed E-state index contributed by atoms with van der Waals surface area (Å²) < 4.78 is 11.1. The molecule has 2 fully saturated rings. The molecule has 0 aromatic heterocycles. The van der Waals surface area contributed by atoms with Crippen LogP contribution < -0.4 is 0 Å². The summed E-state index contributed by atoms with van der Waals surface area (Å²) in [6.07, 6.45) is 3.09. The number of rotatable bonds is 4. The van der Waals surface area contributed by atoms with Gasteiger partial charge < -0.3 is 9.47 Å². The second-order valence-electron chi connectivity index (χ2n) is 6.08. The molecule has 0 aliphatic carbocycles. The highest BCUT2D eigenvalue weighted by Crippen LogP contribution is 2.40. The van der Waals surface area contributed by atoms with Gasteiger partial charge in [-0.1, -0.05) is 30.3 Å². The van der Waals surface area contributed by atoms with Gasteiger partial charge in [-0.15, -0.1) is 12.4 Å². The fourth-order valence-electron chi connectivity index (χ4n) is 3.81. The summed E-state index contributed by atoms with van der Waals surface area (Å²) in [5, 5.41) is 0. The summed E-state index contributed by atoms with van der Waals surface area (Å²) in [5.74, 6) is -0.298. The van der Waals surface area contributed by atoms with E-state index in [2.05, 4.69) is 24.1 Å². The van der Waals surface area contributed by atoms with Crippen LogP contribution in [-0.2, 0) is 20.9 Å². The van der Waals surface area contributed by atoms with Crippen LogP contribution in [0.1, 0.15) is 24.8 Å². The summed E-state index contributed by atoms with van der Waals surface area (Å²) in [6, 6.07) is 10.9. The summed E-state index contributed by atoms with van der Waals surface area (Å²) in [5.41, 5.74) is 1.15. The lowest BCUT2D eigenvalue weighted by Gasteiger charge is -2.41. The van der Waals surface area contributed by atoms with Crippen LogP contribution in [0.5, 0.6) is 0 Å². The zero-order valence-electron chi connectivity index (χ0n) is 13.1. The Balaban J connectivity index is 0.00000176. The van der Waals surface area contributed by atoms with E-state index in [0.29, 0.717) is 12.6 Å². The van der Waals surface area contributed by atoms with Crippen molar-refractivity contribution in [3.8, 4) is 0 Å². The van der Waals surface area contributed by atoms with E-state index in [1.54, 1.807) is 0 Å². The fraction of sp³-hybridized carbons (Fsp3) is 0.588. The minimum Gasteiger partial charge on any atom is -0.469 e. The van der Waals surface area contributed by atoms with Crippen molar-refractivity contribution in [3.05, 3.63) is 35.9 Å². The van der Waals surface area contributed by atoms with Crippen molar-refractivity contribution in [2.75, 3.05) is 14.2 Å². The standard InChI is InChI=1S/C17H23NO3.ClH/c1-18-13-8-9-14(18)16(17(19)20-2)15(10-13)21-11-12-6-4-3-5-7-12;/h3-7,13-16H,8-11H2,1-2H3;1H/t13-,14+,15-,16+;/m0./s1. The van der Waals surface area contributed by atoms with Crippen LogP contribution in [0.25, 0.3) is 0 Å². The number of carbonyl (C=O) groups excluding carboxylic acids is 1. The van der Waals surface area contributed by atoms with Crippen molar-refractivity contribution in [2.24, 2.45) is 5.92 Å². The average molecular weight is 326 g/mol. The lowest BCUT2D eigenvalue weighted by molar-refractivity contribution is -0.160. The number of halogens is 1. The van der Waals surface area contributed by atoms with E-state index >= 15 is 0 Å². The molecule has 0 saturated carbocycles. The Morgan fingerprint density at radius 2 is 2.00 bits per heavy atom. The van der Waals surface area contributed by atoms with E-state index < -0.39 is 0 Å². The maximum atomic E-state index is 12.2. The number of piperidine rings is 1. The fourth-order valence-corrected chi connectivity index (χ4v) is 3.81. The highest BCUT2D eigenvalue weighted by Gasteiger charge is 2.49. The van der Waals surface area contributed by atoms with Crippen molar-refractivity contribution >= 4 is 18.4 Å². The monoisotopic (exact) mass is 325 g/mol. The van der Waals surface area contributed by atoms with Crippen LogP contribution >= 0.6 is 12.4 Å². The molecule has 0 amide bonds. The summed E-state index contributed by atoms with van der Waals surface area (Å²) in [7, 11) is 3.59. The van der Waals surface area contributed by atoms with E-state index in [1.807, 2.05) is 18.2 Å². The smallest absolute Gasteiger partial charge is 0.312 e. The van der Waals surface area contributed by atoms with Gasteiger partial charge in [0, 0.05) is 12.1 Å². The largest absolute Gasteiger partial charge is 0.469 e. The molecule has 2 heterocycles. The van der Waals surface area contributed by atoms with Gasteiger partial charge in [0.05, 0.1) is 25.7 Å². The number of carbonyl (C=O) groups is 1. The van der Waals surface area contributed by atoms with Crippen LogP contribution in [-0.4, -0.2) is 43.2 Å². The zero-order valence-corrected chi connectivity index (χ0v) is 13.9. The van der Waals surface area contributed by atoms with E-state index in [4.69, 9.17) is 9.47 Å². The third-order valence-electron chi connectivity index (χ3n) is 4.99. The third-order valence-corrected chi connectivity index (χ3v) is 4.99. The molecular weight excluding hydrogens is 302 g/mol. The summed E-state index contributed by atoms with van der Waals surface area (Å²) in [6.45, 7) is 0.558. The van der Waals surface area contributed by atoms with E-state index in [-0.39, 0.29) is 36.4 Å². The molecule has 1 aromatic carbocycles. The molecule has 5 heteroatoms. The second kappa shape index (κ2) is 7.44. The first-order chi connectivity index (χ1) is 10.2. The van der Waals surface area contributed by atoms with Crippen LogP contribution in [0.3, 0.4) is 0 Å². The molecule has 2 aliphatic heterocycles. The maximum absolute atomic E-state index is 12.2. The Morgan fingerprint density at radius 3 is 2.68 bits per heavy atom. The van der Waals surface area contributed by atoms with Crippen LogP contribution in [0.15, 0.2) is 30.3 Å². The van der Waals surface area contributed by atoms with Crippen molar-refractivity contribution in [2.45, 2.75) is 44.1 Å². The Morgan fingerprint density at radius 1 is 1.27 bits per heavy atom. The average Bonchev–Trinajstić information content (AvgIpc) is 2.76. The molecule has 122 valence electrons. The van der Waals surface area contributed by atoms with Gasteiger partial charge in [-0.2, -0.15) is 0 Å². The number of benzene rings is 1. The Bertz CT molecular complexity index is 496. The number of fused-ring (bicyclic) bond motifs is 2. The highest BCUT2D eigenvalue weighted by molar-refractivity contribution is 5.85. The first-order valence-corrected chi connectivity index (χ1v) is 7.66. The Hall–Kier alpha value is -1.10.